The second-order valence-electron chi connectivity index (χ2n) is 5.55. The van der Waals surface area contributed by atoms with Crippen LogP contribution in [0.1, 0.15) is 31.0 Å². The van der Waals surface area contributed by atoms with E-state index in [0.717, 1.165) is 16.9 Å². The number of aromatic nitrogens is 4. The Bertz CT molecular complexity index is 765. The second-order valence-corrected chi connectivity index (χ2v) is 5.99. The first kappa shape index (κ1) is 15.5. The van der Waals surface area contributed by atoms with E-state index in [1.54, 1.807) is 12.4 Å². The van der Waals surface area contributed by atoms with Gasteiger partial charge in [-0.05, 0) is 18.1 Å². The minimum atomic E-state index is 0.336. The van der Waals surface area contributed by atoms with E-state index in [2.05, 4.69) is 29.1 Å². The molecule has 6 heteroatoms. The number of hydrogen-bond donors (Lipinski definition) is 1. The van der Waals surface area contributed by atoms with E-state index in [1.807, 2.05) is 41.2 Å². The summed E-state index contributed by atoms with van der Waals surface area (Å²) >= 11 is 5.80. The standard InChI is InChI=1S/C17H18ClN5/c1-12(2)16-13(8-19-17-20-9-14(18)10-21-17)11-23(22-16)15-6-4-3-5-7-15/h3-7,9-12H,8H2,1-2H3,(H,19,20,21). The lowest BCUT2D eigenvalue weighted by Crippen LogP contribution is -2.05. The molecule has 0 aliphatic rings. The van der Waals surface area contributed by atoms with Crippen LogP contribution < -0.4 is 5.32 Å². The summed E-state index contributed by atoms with van der Waals surface area (Å²) in [7, 11) is 0. The highest BCUT2D eigenvalue weighted by Crippen LogP contribution is 2.20. The zero-order valence-electron chi connectivity index (χ0n) is 13.1. The summed E-state index contributed by atoms with van der Waals surface area (Å²) in [5.74, 6) is 0.888. The fourth-order valence-corrected chi connectivity index (χ4v) is 2.43. The predicted molar refractivity (Wildman–Crippen MR) is 92.0 cm³/mol. The van der Waals surface area contributed by atoms with Gasteiger partial charge in [0.2, 0.25) is 5.95 Å². The summed E-state index contributed by atoms with van der Waals surface area (Å²) in [4.78, 5) is 8.30. The number of halogens is 1. The third kappa shape index (κ3) is 3.68. The van der Waals surface area contributed by atoms with Crippen molar-refractivity contribution < 1.29 is 0 Å². The molecule has 0 unspecified atom stereocenters. The van der Waals surface area contributed by atoms with Crippen molar-refractivity contribution >= 4 is 17.5 Å². The Balaban J connectivity index is 1.83. The maximum Gasteiger partial charge on any atom is 0.222 e. The van der Waals surface area contributed by atoms with Crippen LogP contribution in [0.5, 0.6) is 0 Å². The van der Waals surface area contributed by atoms with Gasteiger partial charge in [0.05, 0.1) is 28.8 Å². The van der Waals surface area contributed by atoms with Gasteiger partial charge in [-0.25, -0.2) is 14.6 Å². The van der Waals surface area contributed by atoms with Gasteiger partial charge in [-0.3, -0.25) is 0 Å². The quantitative estimate of drug-likeness (QED) is 0.768. The average Bonchev–Trinajstić information content (AvgIpc) is 3.00. The molecule has 0 saturated carbocycles. The molecule has 2 aromatic heterocycles. The number of benzene rings is 1. The Morgan fingerprint density at radius 3 is 2.48 bits per heavy atom. The van der Waals surface area contributed by atoms with Gasteiger partial charge in [-0.15, -0.1) is 0 Å². The maximum atomic E-state index is 5.80. The first-order chi connectivity index (χ1) is 11.1. The molecular weight excluding hydrogens is 310 g/mol. The Morgan fingerprint density at radius 1 is 1.13 bits per heavy atom. The minimum absolute atomic E-state index is 0.336. The van der Waals surface area contributed by atoms with E-state index in [9.17, 15) is 0 Å². The minimum Gasteiger partial charge on any atom is -0.350 e. The second kappa shape index (κ2) is 6.79. The number of nitrogens with zero attached hydrogens (tertiary/aromatic N) is 4. The van der Waals surface area contributed by atoms with E-state index in [0.29, 0.717) is 23.4 Å². The molecule has 0 spiro atoms. The summed E-state index contributed by atoms with van der Waals surface area (Å²) in [6.45, 7) is 4.89. The van der Waals surface area contributed by atoms with Crippen LogP contribution in [-0.4, -0.2) is 19.7 Å². The Labute approximate surface area is 140 Å². The summed E-state index contributed by atoms with van der Waals surface area (Å²) in [6, 6.07) is 10.1. The van der Waals surface area contributed by atoms with E-state index < -0.39 is 0 Å². The molecule has 0 atom stereocenters. The highest BCUT2D eigenvalue weighted by molar-refractivity contribution is 6.30. The Hall–Kier alpha value is -2.40. The average molecular weight is 328 g/mol. The first-order valence-corrected chi connectivity index (χ1v) is 7.86. The first-order valence-electron chi connectivity index (χ1n) is 7.49. The van der Waals surface area contributed by atoms with Crippen molar-refractivity contribution in [3.05, 3.63) is 65.2 Å². The lowest BCUT2D eigenvalue weighted by Gasteiger charge is -2.06. The smallest absolute Gasteiger partial charge is 0.222 e. The number of hydrogen-bond acceptors (Lipinski definition) is 4. The zero-order chi connectivity index (χ0) is 16.2. The number of nitrogens with one attached hydrogen (secondary N) is 1. The fraction of sp³-hybridized carbons (Fsp3) is 0.235. The van der Waals surface area contributed by atoms with Gasteiger partial charge in [0.1, 0.15) is 0 Å². The zero-order valence-corrected chi connectivity index (χ0v) is 13.8. The third-order valence-corrected chi connectivity index (χ3v) is 3.64. The van der Waals surface area contributed by atoms with E-state index >= 15 is 0 Å². The van der Waals surface area contributed by atoms with Crippen molar-refractivity contribution in [3.63, 3.8) is 0 Å². The van der Waals surface area contributed by atoms with Gasteiger partial charge in [0.15, 0.2) is 0 Å². The summed E-state index contributed by atoms with van der Waals surface area (Å²) in [6.07, 6.45) is 5.20. The van der Waals surface area contributed by atoms with E-state index in [1.165, 1.54) is 0 Å². The van der Waals surface area contributed by atoms with E-state index in [-0.39, 0.29) is 0 Å². The largest absolute Gasteiger partial charge is 0.350 e. The SMILES string of the molecule is CC(C)c1nn(-c2ccccc2)cc1CNc1ncc(Cl)cn1. The van der Waals surface area contributed by atoms with Crippen LogP contribution in [0, 0.1) is 0 Å². The van der Waals surface area contributed by atoms with Gasteiger partial charge in [0, 0.05) is 18.3 Å². The van der Waals surface area contributed by atoms with Crippen LogP contribution in [-0.2, 0) is 6.54 Å². The van der Waals surface area contributed by atoms with Crippen molar-refractivity contribution in [2.24, 2.45) is 0 Å². The maximum absolute atomic E-state index is 5.80. The lowest BCUT2D eigenvalue weighted by molar-refractivity contribution is 0.763. The molecule has 5 nitrogen and oxygen atoms in total. The van der Waals surface area contributed by atoms with Crippen LogP contribution in [0.4, 0.5) is 5.95 Å². The molecule has 118 valence electrons. The monoisotopic (exact) mass is 327 g/mol. The van der Waals surface area contributed by atoms with Gasteiger partial charge < -0.3 is 5.32 Å². The molecule has 3 rings (SSSR count). The molecule has 3 aromatic rings. The van der Waals surface area contributed by atoms with Crippen molar-refractivity contribution in [1.29, 1.82) is 0 Å². The van der Waals surface area contributed by atoms with Crippen molar-refractivity contribution in [3.8, 4) is 5.69 Å². The number of rotatable bonds is 5. The van der Waals surface area contributed by atoms with E-state index in [4.69, 9.17) is 16.7 Å². The van der Waals surface area contributed by atoms with Crippen molar-refractivity contribution in [1.82, 2.24) is 19.7 Å². The molecule has 0 aliphatic heterocycles. The molecule has 23 heavy (non-hydrogen) atoms. The van der Waals surface area contributed by atoms with Crippen LogP contribution in [0.3, 0.4) is 0 Å². The number of anilines is 1. The van der Waals surface area contributed by atoms with Crippen molar-refractivity contribution in [2.45, 2.75) is 26.3 Å². The fourth-order valence-electron chi connectivity index (χ4n) is 2.34. The molecule has 2 heterocycles. The Morgan fingerprint density at radius 2 is 1.83 bits per heavy atom. The molecule has 0 aliphatic carbocycles. The third-order valence-electron chi connectivity index (χ3n) is 3.45. The molecule has 0 radical (unpaired) electrons. The van der Waals surface area contributed by atoms with Crippen LogP contribution in [0.15, 0.2) is 48.9 Å². The van der Waals surface area contributed by atoms with Gasteiger partial charge >= 0.3 is 0 Å². The number of para-hydroxylation sites is 1. The summed E-state index contributed by atoms with van der Waals surface area (Å²) < 4.78 is 1.91. The van der Waals surface area contributed by atoms with Crippen LogP contribution in [0.25, 0.3) is 5.69 Å². The highest BCUT2D eigenvalue weighted by atomic mass is 35.5. The molecule has 0 saturated heterocycles. The molecule has 0 bridgehead atoms. The van der Waals surface area contributed by atoms with Crippen LogP contribution in [0.2, 0.25) is 5.02 Å². The van der Waals surface area contributed by atoms with Crippen molar-refractivity contribution in [2.75, 3.05) is 5.32 Å². The normalized spacial score (nSPS) is 11.0. The van der Waals surface area contributed by atoms with Crippen LogP contribution >= 0.6 is 11.6 Å². The molecular formula is C17H18ClN5. The molecule has 0 amide bonds. The predicted octanol–water partition coefficient (Wildman–Crippen LogP) is 4.05. The molecule has 1 aromatic carbocycles. The Kier molecular flexibility index (Phi) is 4.57. The lowest BCUT2D eigenvalue weighted by atomic mass is 10.1. The molecule has 1 N–H and O–H groups in total. The van der Waals surface area contributed by atoms with Gasteiger partial charge in [0.25, 0.3) is 0 Å². The van der Waals surface area contributed by atoms with Gasteiger partial charge in [-0.1, -0.05) is 43.6 Å². The topological polar surface area (TPSA) is 55.6 Å². The molecule has 0 fully saturated rings. The summed E-state index contributed by atoms with van der Waals surface area (Å²) in [5, 5.41) is 8.46. The van der Waals surface area contributed by atoms with Gasteiger partial charge in [-0.2, -0.15) is 5.10 Å². The highest BCUT2D eigenvalue weighted by Gasteiger charge is 2.13. The summed E-state index contributed by atoms with van der Waals surface area (Å²) in [5.41, 5.74) is 3.24.